The molecule has 23 heavy (non-hydrogen) atoms. The number of hydrogen-bond donors (Lipinski definition) is 1. The highest BCUT2D eigenvalue weighted by molar-refractivity contribution is 9.10. The van der Waals surface area contributed by atoms with Crippen molar-refractivity contribution in [1.82, 2.24) is 4.83 Å². The summed E-state index contributed by atoms with van der Waals surface area (Å²) >= 11 is 3.36. The predicted octanol–water partition coefficient (Wildman–Crippen LogP) is 2.77. The molecule has 0 amide bonds. The van der Waals surface area contributed by atoms with Gasteiger partial charge < -0.3 is 4.74 Å². The fourth-order valence-corrected chi connectivity index (χ4v) is 2.81. The largest absolute Gasteiger partial charge is 0.481 e. The van der Waals surface area contributed by atoms with Crippen LogP contribution in [0.25, 0.3) is 0 Å². The van der Waals surface area contributed by atoms with Gasteiger partial charge in [0.05, 0.1) is 11.1 Å². The Morgan fingerprint density at radius 1 is 1.26 bits per heavy atom. The summed E-state index contributed by atoms with van der Waals surface area (Å²) in [5.74, 6) is 2.94. The van der Waals surface area contributed by atoms with Gasteiger partial charge in [-0.25, -0.2) is 4.83 Å². The summed E-state index contributed by atoms with van der Waals surface area (Å²) in [6, 6.07) is 13.2. The van der Waals surface area contributed by atoms with Gasteiger partial charge in [-0.2, -0.15) is 13.5 Å². The summed E-state index contributed by atoms with van der Waals surface area (Å²) in [6.07, 6.45) is 6.52. The minimum absolute atomic E-state index is 0.141. The van der Waals surface area contributed by atoms with E-state index >= 15 is 0 Å². The summed E-state index contributed by atoms with van der Waals surface area (Å²) < 4.78 is 30.1. The van der Waals surface area contributed by atoms with Gasteiger partial charge in [-0.3, -0.25) is 0 Å². The quantitative estimate of drug-likeness (QED) is 0.466. The molecule has 7 heteroatoms. The average Bonchev–Trinajstić information content (AvgIpc) is 2.56. The molecular formula is C16H13BrN2O3S. The summed E-state index contributed by atoms with van der Waals surface area (Å²) in [7, 11) is -3.69. The summed E-state index contributed by atoms with van der Waals surface area (Å²) in [5.41, 5.74) is 0.648. The SMILES string of the molecule is C#CCOc1ccc(Br)c(/C=N/NS(=O)(=O)c2ccccc2)c1. The molecule has 0 bridgehead atoms. The van der Waals surface area contributed by atoms with Crippen molar-refractivity contribution >= 4 is 32.2 Å². The second-order valence-electron chi connectivity index (χ2n) is 4.34. The van der Waals surface area contributed by atoms with Crippen molar-refractivity contribution in [2.45, 2.75) is 4.90 Å². The maximum atomic E-state index is 12.0. The molecular weight excluding hydrogens is 380 g/mol. The molecule has 0 fully saturated rings. The van der Waals surface area contributed by atoms with E-state index < -0.39 is 10.0 Å². The van der Waals surface area contributed by atoms with Crippen LogP contribution in [0.3, 0.4) is 0 Å². The van der Waals surface area contributed by atoms with Crippen LogP contribution >= 0.6 is 15.9 Å². The first-order valence-electron chi connectivity index (χ1n) is 6.48. The highest BCUT2D eigenvalue weighted by Crippen LogP contribution is 2.21. The van der Waals surface area contributed by atoms with Crippen LogP contribution in [0.5, 0.6) is 5.75 Å². The maximum Gasteiger partial charge on any atom is 0.276 e. The van der Waals surface area contributed by atoms with E-state index in [1.165, 1.54) is 18.3 Å². The molecule has 1 N–H and O–H groups in total. The summed E-state index contributed by atoms with van der Waals surface area (Å²) in [6.45, 7) is 0.152. The number of terminal acetylenes is 1. The first-order valence-corrected chi connectivity index (χ1v) is 8.76. The van der Waals surface area contributed by atoms with E-state index in [1.807, 2.05) is 0 Å². The smallest absolute Gasteiger partial charge is 0.276 e. The van der Waals surface area contributed by atoms with Gasteiger partial charge in [0, 0.05) is 10.0 Å². The third kappa shape index (κ3) is 4.84. The van der Waals surface area contributed by atoms with E-state index in [4.69, 9.17) is 11.2 Å². The van der Waals surface area contributed by atoms with Gasteiger partial charge >= 0.3 is 0 Å². The van der Waals surface area contributed by atoms with Gasteiger partial charge in [-0.1, -0.05) is 40.0 Å². The third-order valence-corrected chi connectivity index (χ3v) is 4.68. The van der Waals surface area contributed by atoms with Crippen LogP contribution in [-0.2, 0) is 10.0 Å². The molecule has 0 aliphatic rings. The minimum atomic E-state index is -3.69. The standard InChI is InChI=1S/C16H13BrN2O3S/c1-2-10-22-14-8-9-16(17)13(11-14)12-18-19-23(20,21)15-6-4-3-5-7-15/h1,3-9,11-12,19H,10H2/b18-12+. The fraction of sp³-hybridized carbons (Fsp3) is 0.0625. The van der Waals surface area contributed by atoms with Gasteiger partial charge in [-0.15, -0.1) is 6.42 Å². The van der Waals surface area contributed by atoms with Crippen molar-refractivity contribution < 1.29 is 13.2 Å². The monoisotopic (exact) mass is 392 g/mol. The molecule has 0 aliphatic carbocycles. The molecule has 0 saturated heterocycles. The van der Waals surface area contributed by atoms with Gasteiger partial charge in [0.15, 0.2) is 0 Å². The topological polar surface area (TPSA) is 67.8 Å². The first kappa shape index (κ1) is 17.1. The number of nitrogens with zero attached hydrogens (tertiary/aromatic N) is 1. The van der Waals surface area contributed by atoms with Gasteiger partial charge in [0.25, 0.3) is 10.0 Å². The number of hydrazone groups is 1. The molecule has 0 atom stereocenters. The zero-order chi connectivity index (χ0) is 16.7. The van der Waals surface area contributed by atoms with Crippen molar-refractivity contribution in [3.63, 3.8) is 0 Å². The van der Waals surface area contributed by atoms with E-state index in [-0.39, 0.29) is 11.5 Å². The number of sulfonamides is 1. The van der Waals surface area contributed by atoms with Gasteiger partial charge in [0.1, 0.15) is 12.4 Å². The van der Waals surface area contributed by atoms with Gasteiger partial charge in [0.2, 0.25) is 0 Å². The van der Waals surface area contributed by atoms with E-state index in [0.29, 0.717) is 11.3 Å². The normalized spacial score (nSPS) is 11.1. The van der Waals surface area contributed by atoms with Crippen LogP contribution < -0.4 is 9.57 Å². The highest BCUT2D eigenvalue weighted by atomic mass is 79.9. The number of ether oxygens (including phenoxy) is 1. The van der Waals surface area contributed by atoms with E-state index in [2.05, 4.69) is 31.8 Å². The Morgan fingerprint density at radius 2 is 2.00 bits per heavy atom. The number of benzene rings is 2. The fourth-order valence-electron chi connectivity index (χ4n) is 1.65. The molecule has 2 aromatic rings. The Labute approximate surface area is 143 Å². The molecule has 2 aromatic carbocycles. The van der Waals surface area contributed by atoms with Crippen molar-refractivity contribution in [3.8, 4) is 18.1 Å². The first-order chi connectivity index (χ1) is 11.0. The van der Waals surface area contributed by atoms with Crippen LogP contribution in [0.15, 0.2) is 63.0 Å². The third-order valence-electron chi connectivity index (χ3n) is 2.72. The molecule has 118 valence electrons. The Hall–Kier alpha value is -2.30. The van der Waals surface area contributed by atoms with Crippen molar-refractivity contribution in [2.75, 3.05) is 6.61 Å². The van der Waals surface area contributed by atoms with E-state index in [9.17, 15) is 8.42 Å². The van der Waals surface area contributed by atoms with Crippen LogP contribution in [0.4, 0.5) is 0 Å². The van der Waals surface area contributed by atoms with Gasteiger partial charge in [-0.05, 0) is 30.3 Å². The molecule has 2 rings (SSSR count). The maximum absolute atomic E-state index is 12.0. The molecule has 0 heterocycles. The van der Waals surface area contributed by atoms with Crippen molar-refractivity contribution in [2.24, 2.45) is 5.10 Å². The predicted molar refractivity (Wildman–Crippen MR) is 92.8 cm³/mol. The zero-order valence-electron chi connectivity index (χ0n) is 11.9. The molecule has 0 spiro atoms. The number of rotatable bonds is 6. The summed E-state index contributed by atoms with van der Waals surface area (Å²) in [4.78, 5) is 2.30. The zero-order valence-corrected chi connectivity index (χ0v) is 14.3. The lowest BCUT2D eigenvalue weighted by atomic mass is 10.2. The highest BCUT2D eigenvalue weighted by Gasteiger charge is 2.11. The second kappa shape index (κ2) is 7.81. The molecule has 5 nitrogen and oxygen atoms in total. The Balaban J connectivity index is 2.13. The lowest BCUT2D eigenvalue weighted by Crippen LogP contribution is -2.18. The van der Waals surface area contributed by atoms with Crippen molar-refractivity contribution in [3.05, 3.63) is 58.6 Å². The molecule has 0 aromatic heterocycles. The second-order valence-corrected chi connectivity index (χ2v) is 6.86. The van der Waals surface area contributed by atoms with E-state index in [0.717, 1.165) is 4.47 Å². The van der Waals surface area contributed by atoms with E-state index in [1.54, 1.807) is 36.4 Å². The molecule has 0 unspecified atom stereocenters. The molecule has 0 radical (unpaired) electrons. The van der Waals surface area contributed by atoms with Crippen LogP contribution in [0.2, 0.25) is 0 Å². The minimum Gasteiger partial charge on any atom is -0.481 e. The van der Waals surface area contributed by atoms with Crippen molar-refractivity contribution in [1.29, 1.82) is 0 Å². The average molecular weight is 393 g/mol. The Morgan fingerprint density at radius 3 is 2.70 bits per heavy atom. The lowest BCUT2D eigenvalue weighted by Gasteiger charge is -2.05. The Kier molecular flexibility index (Phi) is 5.79. The lowest BCUT2D eigenvalue weighted by molar-refractivity contribution is 0.370. The summed E-state index contributed by atoms with van der Waals surface area (Å²) in [5, 5.41) is 3.78. The molecule has 0 saturated carbocycles. The Bertz CT molecular complexity index is 843. The number of nitrogens with one attached hydrogen (secondary N) is 1. The van der Waals surface area contributed by atoms with Crippen LogP contribution in [0, 0.1) is 12.3 Å². The molecule has 0 aliphatic heterocycles. The number of hydrogen-bond acceptors (Lipinski definition) is 4. The van der Waals surface area contributed by atoms with Crippen LogP contribution in [-0.4, -0.2) is 21.2 Å². The van der Waals surface area contributed by atoms with Crippen LogP contribution in [0.1, 0.15) is 5.56 Å². The number of halogens is 1.